The molecule has 0 saturated heterocycles. The summed E-state index contributed by atoms with van der Waals surface area (Å²) in [5.74, 6) is -0.524. The van der Waals surface area contributed by atoms with Gasteiger partial charge in [0.25, 0.3) is 11.6 Å². The normalized spacial score (nSPS) is 10.4. The zero-order valence-corrected chi connectivity index (χ0v) is 13.1. The Bertz CT molecular complexity index is 783. The largest absolute Gasteiger partial charge is 0.493 e. The average molecular weight is 352 g/mol. The van der Waals surface area contributed by atoms with Crippen LogP contribution in [0, 0.1) is 10.1 Å². The maximum absolute atomic E-state index is 12.3. The molecule has 0 unspecified atom stereocenters. The van der Waals surface area contributed by atoms with E-state index in [1.165, 1.54) is 43.5 Å². The fourth-order valence-corrected chi connectivity index (χ4v) is 2.06. The number of nitrogens with one attached hydrogen (secondary N) is 1. The highest BCUT2D eigenvalue weighted by molar-refractivity contribution is 5.94. The quantitative estimate of drug-likeness (QED) is 0.611. The average Bonchev–Trinajstić information content (AvgIpc) is 2.60. The standard InChI is InChI=1S/C16H14F2N2O5/c1-24-14-7-10(5-6-13(14)25-16(17)18)9-19-15(21)11-3-2-4-12(8-11)20(22)23/h2-8,16H,9H2,1H3,(H,19,21). The first-order valence-electron chi connectivity index (χ1n) is 7.05. The molecule has 0 radical (unpaired) electrons. The van der Waals surface area contributed by atoms with Gasteiger partial charge >= 0.3 is 6.61 Å². The van der Waals surface area contributed by atoms with E-state index in [9.17, 15) is 23.7 Å². The second-order valence-corrected chi connectivity index (χ2v) is 4.85. The summed E-state index contributed by atoms with van der Waals surface area (Å²) in [5.41, 5.74) is 0.527. The molecule has 0 aliphatic carbocycles. The van der Waals surface area contributed by atoms with Gasteiger partial charge in [-0.05, 0) is 23.8 Å². The molecule has 0 atom stereocenters. The summed E-state index contributed by atoms with van der Waals surface area (Å²) >= 11 is 0. The van der Waals surface area contributed by atoms with E-state index in [0.717, 1.165) is 6.07 Å². The molecule has 2 aromatic carbocycles. The lowest BCUT2D eigenvalue weighted by Gasteiger charge is -2.12. The van der Waals surface area contributed by atoms with Gasteiger partial charge in [0, 0.05) is 24.2 Å². The number of non-ortho nitro benzene ring substituents is 1. The molecule has 0 heterocycles. The fourth-order valence-electron chi connectivity index (χ4n) is 2.06. The number of carbonyl (C=O) groups excluding carboxylic acids is 1. The van der Waals surface area contributed by atoms with Crippen LogP contribution in [0.3, 0.4) is 0 Å². The Labute approximate surface area is 141 Å². The number of carbonyl (C=O) groups is 1. The number of hydrogen-bond donors (Lipinski definition) is 1. The molecule has 2 aromatic rings. The summed E-state index contributed by atoms with van der Waals surface area (Å²) in [5, 5.41) is 13.3. The van der Waals surface area contributed by atoms with Crippen LogP contribution in [-0.4, -0.2) is 24.6 Å². The topological polar surface area (TPSA) is 90.7 Å². The number of nitro benzene ring substituents is 1. The lowest BCUT2D eigenvalue weighted by Crippen LogP contribution is -2.22. The minimum Gasteiger partial charge on any atom is -0.493 e. The molecule has 0 fully saturated rings. The predicted octanol–water partition coefficient (Wildman–Crippen LogP) is 3.13. The molecule has 9 heteroatoms. The first-order chi connectivity index (χ1) is 11.9. The summed E-state index contributed by atoms with van der Waals surface area (Å²) < 4.78 is 33.9. The molecule has 0 aliphatic rings. The molecular weight excluding hydrogens is 338 g/mol. The Kier molecular flexibility index (Phi) is 5.83. The highest BCUT2D eigenvalue weighted by Crippen LogP contribution is 2.29. The van der Waals surface area contributed by atoms with Crippen molar-refractivity contribution in [2.75, 3.05) is 7.11 Å². The van der Waals surface area contributed by atoms with Gasteiger partial charge in [0.05, 0.1) is 12.0 Å². The predicted molar refractivity (Wildman–Crippen MR) is 83.9 cm³/mol. The number of ether oxygens (including phenoxy) is 2. The molecule has 0 bridgehead atoms. The van der Waals surface area contributed by atoms with Gasteiger partial charge in [0.15, 0.2) is 11.5 Å². The smallest absolute Gasteiger partial charge is 0.387 e. The number of methoxy groups -OCH3 is 1. The molecular formula is C16H14F2N2O5. The number of benzene rings is 2. The molecule has 25 heavy (non-hydrogen) atoms. The van der Waals surface area contributed by atoms with Crippen molar-refractivity contribution in [1.82, 2.24) is 5.32 Å². The second kappa shape index (κ2) is 8.04. The number of hydrogen-bond acceptors (Lipinski definition) is 5. The summed E-state index contributed by atoms with van der Waals surface area (Å²) in [6, 6.07) is 9.55. The van der Waals surface area contributed by atoms with E-state index in [1.807, 2.05) is 0 Å². The Morgan fingerprint density at radius 2 is 2.00 bits per heavy atom. The number of amides is 1. The fraction of sp³-hybridized carbons (Fsp3) is 0.188. The van der Waals surface area contributed by atoms with Gasteiger partial charge in [-0.3, -0.25) is 14.9 Å². The zero-order chi connectivity index (χ0) is 18.4. The van der Waals surface area contributed by atoms with Crippen molar-refractivity contribution in [2.45, 2.75) is 13.2 Å². The van der Waals surface area contributed by atoms with Crippen LogP contribution < -0.4 is 14.8 Å². The molecule has 1 N–H and O–H groups in total. The van der Waals surface area contributed by atoms with Gasteiger partial charge in [0.2, 0.25) is 0 Å². The van der Waals surface area contributed by atoms with Crippen LogP contribution in [0.25, 0.3) is 0 Å². The molecule has 0 aliphatic heterocycles. The van der Waals surface area contributed by atoms with Crippen LogP contribution in [0.2, 0.25) is 0 Å². The Morgan fingerprint density at radius 3 is 2.64 bits per heavy atom. The lowest BCUT2D eigenvalue weighted by molar-refractivity contribution is -0.384. The van der Waals surface area contributed by atoms with Crippen molar-refractivity contribution in [1.29, 1.82) is 0 Å². The first-order valence-corrected chi connectivity index (χ1v) is 7.05. The van der Waals surface area contributed by atoms with Crippen molar-refractivity contribution >= 4 is 11.6 Å². The van der Waals surface area contributed by atoms with Gasteiger partial charge in [-0.15, -0.1) is 0 Å². The number of rotatable bonds is 7. The summed E-state index contributed by atoms with van der Waals surface area (Å²) in [7, 11) is 1.30. The maximum Gasteiger partial charge on any atom is 0.387 e. The van der Waals surface area contributed by atoms with Crippen LogP contribution in [0.5, 0.6) is 11.5 Å². The van der Waals surface area contributed by atoms with E-state index >= 15 is 0 Å². The van der Waals surface area contributed by atoms with E-state index in [2.05, 4.69) is 10.1 Å². The molecule has 7 nitrogen and oxygen atoms in total. The van der Waals surface area contributed by atoms with E-state index in [4.69, 9.17) is 4.74 Å². The molecule has 2 rings (SSSR count). The van der Waals surface area contributed by atoms with Crippen LogP contribution in [0.15, 0.2) is 42.5 Å². The second-order valence-electron chi connectivity index (χ2n) is 4.85. The Hall–Kier alpha value is -3.23. The molecule has 0 spiro atoms. The van der Waals surface area contributed by atoms with E-state index in [0.29, 0.717) is 5.56 Å². The number of nitrogens with zero attached hydrogens (tertiary/aromatic N) is 1. The van der Waals surface area contributed by atoms with Crippen LogP contribution in [-0.2, 0) is 6.54 Å². The third-order valence-corrected chi connectivity index (χ3v) is 3.22. The first kappa shape index (κ1) is 18.1. The third-order valence-electron chi connectivity index (χ3n) is 3.22. The van der Waals surface area contributed by atoms with Crippen molar-refractivity contribution in [3.8, 4) is 11.5 Å². The molecule has 0 saturated carbocycles. The third kappa shape index (κ3) is 4.87. The van der Waals surface area contributed by atoms with Crippen molar-refractivity contribution in [2.24, 2.45) is 0 Å². The highest BCUT2D eigenvalue weighted by atomic mass is 19.3. The van der Waals surface area contributed by atoms with E-state index < -0.39 is 17.4 Å². The number of alkyl halides is 2. The summed E-state index contributed by atoms with van der Waals surface area (Å²) in [4.78, 5) is 22.2. The van der Waals surface area contributed by atoms with Gasteiger partial charge in [0.1, 0.15) is 0 Å². The minimum absolute atomic E-state index is 0.0762. The van der Waals surface area contributed by atoms with Crippen LogP contribution in [0.4, 0.5) is 14.5 Å². The van der Waals surface area contributed by atoms with E-state index in [-0.39, 0.29) is 29.3 Å². The molecule has 0 aromatic heterocycles. The number of halogens is 2. The van der Waals surface area contributed by atoms with Crippen LogP contribution >= 0.6 is 0 Å². The lowest BCUT2D eigenvalue weighted by atomic mass is 10.1. The zero-order valence-electron chi connectivity index (χ0n) is 13.1. The van der Waals surface area contributed by atoms with E-state index in [1.54, 1.807) is 0 Å². The van der Waals surface area contributed by atoms with Crippen molar-refractivity contribution < 1.29 is 28.0 Å². The van der Waals surface area contributed by atoms with Gasteiger partial charge in [-0.25, -0.2) is 0 Å². The summed E-state index contributed by atoms with van der Waals surface area (Å²) in [6.07, 6.45) is 0. The van der Waals surface area contributed by atoms with Gasteiger partial charge in [-0.2, -0.15) is 8.78 Å². The Morgan fingerprint density at radius 1 is 1.24 bits per heavy atom. The van der Waals surface area contributed by atoms with Crippen molar-refractivity contribution in [3.63, 3.8) is 0 Å². The summed E-state index contributed by atoms with van der Waals surface area (Å²) in [6.45, 7) is -2.90. The van der Waals surface area contributed by atoms with Gasteiger partial charge < -0.3 is 14.8 Å². The SMILES string of the molecule is COc1cc(CNC(=O)c2cccc([N+](=O)[O-])c2)ccc1OC(F)F. The monoisotopic (exact) mass is 352 g/mol. The molecule has 1 amide bonds. The van der Waals surface area contributed by atoms with Crippen LogP contribution in [0.1, 0.15) is 15.9 Å². The number of nitro groups is 1. The minimum atomic E-state index is -2.98. The molecule has 132 valence electrons. The maximum atomic E-state index is 12.3. The Balaban J connectivity index is 2.06. The van der Waals surface area contributed by atoms with Gasteiger partial charge in [-0.1, -0.05) is 12.1 Å². The van der Waals surface area contributed by atoms with Crippen molar-refractivity contribution in [3.05, 3.63) is 63.7 Å². The highest BCUT2D eigenvalue weighted by Gasteiger charge is 2.13.